The number of nitrogens with one attached hydrogen (secondary N) is 1. The molecule has 0 spiro atoms. The zero-order chi connectivity index (χ0) is 22.4. The lowest BCUT2D eigenvalue weighted by Gasteiger charge is -2.60. The molecule has 1 aliphatic heterocycles. The lowest BCUT2D eigenvalue weighted by atomic mass is 9.45. The van der Waals surface area contributed by atoms with Crippen LogP contribution in [0.3, 0.4) is 0 Å². The second-order valence-corrected chi connectivity index (χ2v) is 10.9. The van der Waals surface area contributed by atoms with Crippen LogP contribution in [0, 0.1) is 28.6 Å². The minimum atomic E-state index is -0.168. The molecular formula is C26H36N2O3. The summed E-state index contributed by atoms with van der Waals surface area (Å²) in [6.07, 6.45) is 9.18. The fourth-order valence-electron chi connectivity index (χ4n) is 6.91. The van der Waals surface area contributed by atoms with Crippen molar-refractivity contribution in [3.05, 3.63) is 35.5 Å². The van der Waals surface area contributed by atoms with Crippen LogP contribution in [0.1, 0.15) is 70.2 Å². The van der Waals surface area contributed by atoms with Gasteiger partial charge in [0, 0.05) is 49.0 Å². The van der Waals surface area contributed by atoms with Crippen LogP contribution >= 0.6 is 0 Å². The molecule has 3 N–H and O–H groups in total. The van der Waals surface area contributed by atoms with Crippen LogP contribution in [0.15, 0.2) is 35.0 Å². The Morgan fingerprint density at radius 1 is 1.16 bits per heavy atom. The Bertz CT molecular complexity index is 899. The minimum Gasteiger partial charge on any atom is -0.508 e. The summed E-state index contributed by atoms with van der Waals surface area (Å²) in [6, 6.07) is 4.51. The van der Waals surface area contributed by atoms with Crippen molar-refractivity contribution >= 4 is 12.0 Å². The van der Waals surface area contributed by atoms with Gasteiger partial charge in [-0.1, -0.05) is 34.1 Å². The van der Waals surface area contributed by atoms with E-state index in [-0.39, 0.29) is 46.0 Å². The van der Waals surface area contributed by atoms with Crippen molar-refractivity contribution in [3.63, 3.8) is 0 Å². The van der Waals surface area contributed by atoms with E-state index in [1.54, 1.807) is 0 Å². The number of carbonyl (C=O) groups is 1. The van der Waals surface area contributed by atoms with Gasteiger partial charge in [0.25, 0.3) is 0 Å². The molecule has 4 rings (SSSR count). The van der Waals surface area contributed by atoms with Crippen LogP contribution < -0.4 is 5.32 Å². The van der Waals surface area contributed by atoms with E-state index in [1.807, 2.05) is 12.4 Å². The third kappa shape index (κ3) is 4.05. The second-order valence-electron chi connectivity index (χ2n) is 10.9. The van der Waals surface area contributed by atoms with Crippen molar-refractivity contribution in [2.75, 3.05) is 6.54 Å². The molecule has 0 amide bonds. The molecule has 3 aliphatic rings. The van der Waals surface area contributed by atoms with Crippen LogP contribution in [0.2, 0.25) is 0 Å². The van der Waals surface area contributed by atoms with Crippen LogP contribution in [-0.4, -0.2) is 34.8 Å². The number of Topliss-reactive ketones (excluding diaryl/α,β-unsaturated/α-hetero) is 1. The van der Waals surface area contributed by atoms with Crippen molar-refractivity contribution in [2.24, 2.45) is 33.6 Å². The van der Waals surface area contributed by atoms with Gasteiger partial charge >= 0.3 is 0 Å². The van der Waals surface area contributed by atoms with Gasteiger partial charge in [-0.15, -0.1) is 0 Å². The highest BCUT2D eigenvalue weighted by atomic mass is 16.3. The summed E-state index contributed by atoms with van der Waals surface area (Å²) in [7, 11) is 0. The van der Waals surface area contributed by atoms with E-state index in [4.69, 9.17) is 0 Å². The van der Waals surface area contributed by atoms with E-state index in [2.05, 4.69) is 38.0 Å². The number of phenolic OH excluding ortho intramolecular Hbond substituents is 2. The smallest absolute Gasteiger partial charge is 0.167 e. The molecule has 1 heterocycles. The van der Waals surface area contributed by atoms with Gasteiger partial charge in [0.15, 0.2) is 5.78 Å². The first-order valence-electron chi connectivity index (χ1n) is 11.6. The topological polar surface area (TPSA) is 81.9 Å². The third-order valence-electron chi connectivity index (χ3n) is 8.41. The number of aromatic hydroxyl groups is 2. The fourth-order valence-corrected chi connectivity index (χ4v) is 6.91. The zero-order valence-corrected chi connectivity index (χ0v) is 19.2. The SMILES string of the molecule is C[C@@H]1[C@H](NCC2=CN=CC2)C[C@H]2C(C)(C)CCC[C@]2(C)[C@H]1C(=O)c1cc(O)cc(O)c1. The van der Waals surface area contributed by atoms with Crippen LogP contribution in [0.4, 0.5) is 0 Å². The molecule has 0 saturated heterocycles. The molecule has 1 aromatic carbocycles. The minimum absolute atomic E-state index is 0.0406. The maximum absolute atomic E-state index is 13.9. The summed E-state index contributed by atoms with van der Waals surface area (Å²) < 4.78 is 0. The molecule has 0 radical (unpaired) electrons. The van der Waals surface area contributed by atoms with E-state index >= 15 is 0 Å². The number of aliphatic imine (C=N–C) groups is 1. The zero-order valence-electron chi connectivity index (χ0n) is 19.2. The largest absolute Gasteiger partial charge is 0.508 e. The molecule has 5 atom stereocenters. The number of phenols is 2. The first-order chi connectivity index (χ1) is 14.6. The highest BCUT2D eigenvalue weighted by molar-refractivity contribution is 5.99. The van der Waals surface area contributed by atoms with Gasteiger partial charge in [-0.25, -0.2) is 0 Å². The van der Waals surface area contributed by atoms with Gasteiger partial charge in [-0.3, -0.25) is 9.79 Å². The molecule has 5 heteroatoms. The Morgan fingerprint density at radius 2 is 1.87 bits per heavy atom. The quantitative estimate of drug-likeness (QED) is 0.575. The summed E-state index contributed by atoms with van der Waals surface area (Å²) >= 11 is 0. The summed E-state index contributed by atoms with van der Waals surface area (Å²) in [6.45, 7) is 10.0. The van der Waals surface area contributed by atoms with Crippen molar-refractivity contribution in [3.8, 4) is 11.5 Å². The molecule has 31 heavy (non-hydrogen) atoms. The van der Waals surface area contributed by atoms with Gasteiger partial charge in [0.2, 0.25) is 0 Å². The van der Waals surface area contributed by atoms with Crippen molar-refractivity contribution in [2.45, 2.75) is 65.8 Å². The highest BCUT2D eigenvalue weighted by Gasteiger charge is 2.58. The average molecular weight is 425 g/mol. The fraction of sp³-hybridized carbons (Fsp3) is 0.615. The van der Waals surface area contributed by atoms with Crippen LogP contribution in [0.25, 0.3) is 0 Å². The van der Waals surface area contributed by atoms with Gasteiger partial charge in [0.05, 0.1) is 0 Å². The summed E-state index contributed by atoms with van der Waals surface area (Å²) in [5.41, 5.74) is 1.75. The van der Waals surface area contributed by atoms with E-state index in [0.29, 0.717) is 11.5 Å². The Hall–Kier alpha value is -2.14. The first kappa shape index (κ1) is 22.1. The molecular weight excluding hydrogens is 388 g/mol. The Labute approximate surface area is 185 Å². The Morgan fingerprint density at radius 3 is 2.52 bits per heavy atom. The molecule has 2 fully saturated rings. The van der Waals surface area contributed by atoms with Crippen molar-refractivity contribution in [1.82, 2.24) is 5.32 Å². The van der Waals surface area contributed by atoms with Crippen LogP contribution in [-0.2, 0) is 0 Å². The Kier molecular flexibility index (Phi) is 5.76. The molecule has 5 nitrogen and oxygen atoms in total. The van der Waals surface area contributed by atoms with Gasteiger partial charge in [-0.2, -0.15) is 0 Å². The normalized spacial score (nSPS) is 34.3. The maximum Gasteiger partial charge on any atom is 0.167 e. The van der Waals surface area contributed by atoms with Gasteiger partial charge < -0.3 is 15.5 Å². The number of carbonyl (C=O) groups excluding carboxylic acids is 1. The van der Waals surface area contributed by atoms with E-state index < -0.39 is 0 Å². The predicted octanol–water partition coefficient (Wildman–Crippen LogP) is 5.09. The number of rotatable bonds is 5. The first-order valence-corrected chi connectivity index (χ1v) is 11.6. The lowest BCUT2D eigenvalue weighted by Crippen LogP contribution is -2.60. The number of nitrogens with zero attached hydrogens (tertiary/aromatic N) is 1. The summed E-state index contributed by atoms with van der Waals surface area (Å²) in [5.74, 6) is 0.309. The van der Waals surface area contributed by atoms with E-state index in [1.165, 1.54) is 30.2 Å². The molecule has 168 valence electrons. The lowest BCUT2D eigenvalue weighted by molar-refractivity contribution is -0.0911. The standard InChI is InChI=1S/C26H36N2O3/c1-16-21(28-15-17-6-9-27-14-17)13-22-25(2,3)7-5-8-26(22,4)23(16)24(31)18-10-19(29)12-20(30)11-18/h9-12,14,16,21-23,28-30H,5-8,13,15H2,1-4H3/t16-,21-,22+,23-,26+/m1/s1. The molecule has 0 unspecified atom stereocenters. The number of benzene rings is 1. The summed E-state index contributed by atoms with van der Waals surface area (Å²) in [5, 5.41) is 23.8. The van der Waals surface area contributed by atoms with Gasteiger partial charge in [-0.05, 0) is 59.6 Å². The molecule has 2 saturated carbocycles. The summed E-state index contributed by atoms with van der Waals surface area (Å²) in [4.78, 5) is 18.1. The average Bonchev–Trinajstić information content (AvgIpc) is 3.19. The van der Waals surface area contributed by atoms with Gasteiger partial charge in [0.1, 0.15) is 11.5 Å². The van der Waals surface area contributed by atoms with Crippen molar-refractivity contribution < 1.29 is 15.0 Å². The predicted molar refractivity (Wildman–Crippen MR) is 124 cm³/mol. The number of hydrogen-bond donors (Lipinski definition) is 3. The number of hydrogen-bond acceptors (Lipinski definition) is 5. The highest BCUT2D eigenvalue weighted by Crippen LogP contribution is 2.61. The monoisotopic (exact) mass is 424 g/mol. The van der Waals surface area contributed by atoms with E-state index in [9.17, 15) is 15.0 Å². The molecule has 0 aromatic heterocycles. The number of ketones is 1. The van der Waals surface area contributed by atoms with E-state index in [0.717, 1.165) is 32.2 Å². The number of fused-ring (bicyclic) bond motifs is 1. The molecule has 2 aliphatic carbocycles. The van der Waals surface area contributed by atoms with Crippen molar-refractivity contribution in [1.29, 1.82) is 0 Å². The second kappa shape index (κ2) is 8.09. The Balaban J connectivity index is 1.69. The third-order valence-corrected chi connectivity index (χ3v) is 8.41. The maximum atomic E-state index is 13.9. The van der Waals surface area contributed by atoms with Crippen LogP contribution in [0.5, 0.6) is 11.5 Å². The molecule has 1 aromatic rings. The molecule has 0 bridgehead atoms.